The highest BCUT2D eigenvalue weighted by atomic mass is 19.4. The van der Waals surface area contributed by atoms with E-state index in [0.29, 0.717) is 6.92 Å². The van der Waals surface area contributed by atoms with Gasteiger partial charge in [0.25, 0.3) is 17.7 Å². The summed E-state index contributed by atoms with van der Waals surface area (Å²) >= 11 is 0. The molecule has 0 saturated heterocycles. The Balaban J connectivity index is 2.02. The van der Waals surface area contributed by atoms with Crippen molar-refractivity contribution >= 4 is 47.3 Å². The number of carboxylic acids is 1. The van der Waals surface area contributed by atoms with Crippen molar-refractivity contribution in [3.63, 3.8) is 0 Å². The number of aliphatic carboxylic acids is 1. The molecule has 23 heteroatoms. The second-order valence-electron chi connectivity index (χ2n) is 11.4. The maximum atomic E-state index is 14.2. The summed E-state index contributed by atoms with van der Waals surface area (Å²) < 4.78 is 88.9. The number of fused-ring (bicyclic) bond motifs is 1. The molecule has 0 saturated carbocycles. The first-order chi connectivity index (χ1) is 24.0. The Morgan fingerprint density at radius 2 is 1.65 bits per heavy atom. The first kappa shape index (κ1) is 42.8. The van der Waals surface area contributed by atoms with Crippen molar-refractivity contribution in [1.29, 1.82) is 0 Å². The highest BCUT2D eigenvalue weighted by Crippen LogP contribution is 2.35. The molecule has 0 spiro atoms. The summed E-state index contributed by atoms with van der Waals surface area (Å²) in [5.41, 5.74) is -3.49. The molecule has 0 aliphatic carbocycles. The molecule has 1 unspecified atom stereocenters. The topological polar surface area (TPSA) is 242 Å². The van der Waals surface area contributed by atoms with Gasteiger partial charge >= 0.3 is 24.2 Å². The van der Waals surface area contributed by atoms with Gasteiger partial charge in [-0.2, -0.15) is 22.0 Å². The molecule has 0 bridgehead atoms. The lowest BCUT2D eigenvalue weighted by atomic mass is 10.0. The van der Waals surface area contributed by atoms with Crippen molar-refractivity contribution in [3.8, 4) is 5.75 Å². The van der Waals surface area contributed by atoms with Crippen LogP contribution in [-0.4, -0.2) is 120 Å². The van der Waals surface area contributed by atoms with Gasteiger partial charge in [-0.1, -0.05) is 0 Å². The number of nitrogens with one attached hydrogen (secondary N) is 5. The molecule has 1 aliphatic heterocycles. The van der Waals surface area contributed by atoms with E-state index in [4.69, 9.17) is 14.6 Å². The van der Waals surface area contributed by atoms with Crippen molar-refractivity contribution in [1.82, 2.24) is 26.6 Å². The Morgan fingerprint density at radius 3 is 2.25 bits per heavy atom. The number of nitrogens with zero attached hydrogens (tertiary/aromatic N) is 1. The third-order valence-electron chi connectivity index (χ3n) is 7.18. The minimum atomic E-state index is -6.05. The van der Waals surface area contributed by atoms with Crippen molar-refractivity contribution in [2.45, 2.75) is 69.5 Å². The smallest absolute Gasteiger partial charge is 0.455 e. The van der Waals surface area contributed by atoms with E-state index >= 15 is 0 Å². The van der Waals surface area contributed by atoms with Crippen LogP contribution in [0.25, 0.3) is 0 Å². The lowest BCUT2D eigenvalue weighted by Gasteiger charge is -2.29. The van der Waals surface area contributed by atoms with Crippen LogP contribution in [0.5, 0.6) is 5.75 Å². The molecule has 7 N–H and O–H groups in total. The van der Waals surface area contributed by atoms with E-state index in [1.54, 1.807) is 0 Å². The van der Waals surface area contributed by atoms with E-state index in [-0.39, 0.29) is 37.4 Å². The number of alkyl carbamates (subject to hydrolysis) is 1. The molecule has 6 amide bonds. The van der Waals surface area contributed by atoms with Crippen LogP contribution in [0.15, 0.2) is 18.2 Å². The molecule has 1 aromatic rings. The Labute approximate surface area is 290 Å². The van der Waals surface area contributed by atoms with Crippen LogP contribution in [0, 0.1) is 5.82 Å². The highest BCUT2D eigenvalue weighted by molar-refractivity contribution is 6.10. The molecule has 52 heavy (non-hydrogen) atoms. The number of ether oxygens (including phenoxy) is 2. The molecule has 1 heterocycles. The Morgan fingerprint density at radius 1 is 1.02 bits per heavy atom. The van der Waals surface area contributed by atoms with Gasteiger partial charge in [-0.15, -0.1) is 0 Å². The van der Waals surface area contributed by atoms with E-state index in [1.807, 2.05) is 5.32 Å². The minimum absolute atomic E-state index is 0.107. The Bertz CT molecular complexity index is 1530. The lowest BCUT2D eigenvalue weighted by Crippen LogP contribution is -2.63. The quantitative estimate of drug-likeness (QED) is 0.0656. The lowest BCUT2D eigenvalue weighted by molar-refractivity contribution is -0.278. The van der Waals surface area contributed by atoms with Crippen LogP contribution in [-0.2, 0) is 33.5 Å². The number of carbonyl (C=O) groups is 7. The predicted molar refractivity (Wildman–Crippen MR) is 162 cm³/mol. The predicted octanol–water partition coefficient (Wildman–Crippen LogP) is -0.299. The molecular formula is C29H36F6N6O11. The number of aliphatic hydroxyl groups is 1. The Kier molecular flexibility index (Phi) is 14.6. The summed E-state index contributed by atoms with van der Waals surface area (Å²) in [6.45, 7) is -0.849. The standard InChI is InChI=1S/C29H36F6N6O11/c1-14-21(40-25(48)27(3,50)24(47)38-13-28(31,32)29(33,34)35)22(44)41(18-12-16(30)4-6-19(18)52-14)10-11-51-26(49)37-9-8-36-20(43)7-5-17(23(45)46)39-15(2)42/h4,6,12,14,17,21,50H,5,7-11,13H2,1-3H3,(H,36,43)(H,37,49)(H,38,47)(H,39,42)(H,40,48)(H,45,46)/t14-,17?,21+,27+/m1/s1. The molecular weight excluding hydrogens is 722 g/mol. The first-order valence-electron chi connectivity index (χ1n) is 15.2. The van der Waals surface area contributed by atoms with Crippen LogP contribution in [0.2, 0.25) is 0 Å². The first-order valence-corrected chi connectivity index (χ1v) is 15.2. The number of rotatable bonds is 16. The minimum Gasteiger partial charge on any atom is -0.486 e. The summed E-state index contributed by atoms with van der Waals surface area (Å²) in [7, 11) is 0. The number of benzene rings is 1. The fraction of sp³-hybridized carbons (Fsp3) is 0.552. The van der Waals surface area contributed by atoms with Crippen molar-refractivity contribution in [3.05, 3.63) is 24.0 Å². The second kappa shape index (κ2) is 17.7. The molecule has 2 rings (SSSR count). The van der Waals surface area contributed by atoms with Crippen LogP contribution >= 0.6 is 0 Å². The van der Waals surface area contributed by atoms with Crippen LogP contribution in [0.1, 0.15) is 33.6 Å². The van der Waals surface area contributed by atoms with E-state index < -0.39 is 103 Å². The zero-order chi connectivity index (χ0) is 39.6. The van der Waals surface area contributed by atoms with Gasteiger partial charge in [-0.25, -0.2) is 14.0 Å². The molecule has 0 radical (unpaired) electrons. The zero-order valence-corrected chi connectivity index (χ0v) is 27.7. The van der Waals surface area contributed by atoms with Gasteiger partial charge in [0.2, 0.25) is 17.4 Å². The van der Waals surface area contributed by atoms with Gasteiger partial charge in [-0.3, -0.25) is 24.0 Å². The highest BCUT2D eigenvalue weighted by Gasteiger charge is 2.58. The van der Waals surface area contributed by atoms with Gasteiger partial charge in [0.1, 0.15) is 36.4 Å². The molecule has 4 atom stereocenters. The number of amides is 6. The summed E-state index contributed by atoms with van der Waals surface area (Å²) in [5.74, 6) is -13.6. The number of hydrogen-bond acceptors (Lipinski definition) is 10. The number of alkyl halides is 5. The van der Waals surface area contributed by atoms with Crippen molar-refractivity contribution in [2.24, 2.45) is 0 Å². The maximum absolute atomic E-state index is 14.2. The monoisotopic (exact) mass is 758 g/mol. The number of hydrogen-bond donors (Lipinski definition) is 7. The van der Waals surface area contributed by atoms with Crippen molar-refractivity contribution in [2.75, 3.05) is 37.7 Å². The van der Waals surface area contributed by atoms with Gasteiger partial charge in [-0.05, 0) is 32.4 Å². The largest absolute Gasteiger partial charge is 0.486 e. The number of anilines is 1. The summed E-state index contributed by atoms with van der Waals surface area (Å²) in [4.78, 5) is 86.0. The SMILES string of the molecule is CC(=O)NC(CCC(=O)NCCNC(=O)OCCN1C(=O)[C@@H](NC(=O)[C@@](C)(O)C(=O)NCC(F)(F)C(F)(F)F)[C@@H](C)Oc2ccc(F)cc21)C(=O)O. The molecule has 290 valence electrons. The number of carbonyl (C=O) groups excluding carboxylic acids is 6. The van der Waals surface area contributed by atoms with Crippen LogP contribution in [0.4, 0.5) is 36.8 Å². The fourth-order valence-corrected chi connectivity index (χ4v) is 4.33. The van der Waals surface area contributed by atoms with E-state index in [0.717, 1.165) is 35.3 Å². The van der Waals surface area contributed by atoms with Gasteiger partial charge in [0.15, 0.2) is 0 Å². The third-order valence-corrected chi connectivity index (χ3v) is 7.18. The average molecular weight is 759 g/mol. The van der Waals surface area contributed by atoms with Crippen molar-refractivity contribution < 1.29 is 79.6 Å². The molecule has 0 aromatic heterocycles. The molecule has 0 fully saturated rings. The fourth-order valence-electron chi connectivity index (χ4n) is 4.33. The van der Waals surface area contributed by atoms with Crippen LogP contribution < -0.4 is 36.2 Å². The number of halogens is 6. The third kappa shape index (κ3) is 11.9. The second-order valence-corrected chi connectivity index (χ2v) is 11.4. The van der Waals surface area contributed by atoms with Gasteiger partial charge in [0, 0.05) is 32.5 Å². The summed E-state index contributed by atoms with van der Waals surface area (Å²) in [6, 6.07) is -0.113. The van der Waals surface area contributed by atoms with Gasteiger partial charge in [0.05, 0.1) is 18.8 Å². The average Bonchev–Trinajstić information content (AvgIpc) is 3.12. The molecule has 1 aromatic carbocycles. The summed E-state index contributed by atoms with van der Waals surface area (Å²) in [5, 5.41) is 29.5. The van der Waals surface area contributed by atoms with E-state index in [2.05, 4.69) is 16.0 Å². The normalized spacial score (nSPS) is 17.6. The summed E-state index contributed by atoms with van der Waals surface area (Å²) in [6.07, 6.45) is -8.88. The Hall–Kier alpha value is -5.35. The van der Waals surface area contributed by atoms with E-state index in [9.17, 15) is 65.0 Å². The van der Waals surface area contributed by atoms with Crippen LogP contribution in [0.3, 0.4) is 0 Å². The zero-order valence-electron chi connectivity index (χ0n) is 27.7. The molecule has 17 nitrogen and oxygen atoms in total. The molecule has 1 aliphatic rings. The maximum Gasteiger partial charge on any atom is 0.455 e. The van der Waals surface area contributed by atoms with Gasteiger partial charge < -0.3 is 51.2 Å². The van der Waals surface area contributed by atoms with E-state index in [1.165, 1.54) is 6.92 Å². The number of carboxylic acid groups (broad SMARTS) is 1.